The molecule has 2 fully saturated rings. The molecule has 8 nitrogen and oxygen atoms in total. The molecule has 0 spiro atoms. The number of likely N-dealkylation sites (tertiary alicyclic amines) is 1. The number of nitrogens with zero attached hydrogens (tertiary/aromatic N) is 3. The molecule has 0 saturated carbocycles. The first-order valence-electron chi connectivity index (χ1n) is 10.2. The summed E-state index contributed by atoms with van der Waals surface area (Å²) in [6, 6.07) is 4.34. The van der Waals surface area contributed by atoms with Crippen LogP contribution in [0.2, 0.25) is 0 Å². The number of rotatable bonds is 6. The van der Waals surface area contributed by atoms with E-state index in [2.05, 4.69) is 40.1 Å². The van der Waals surface area contributed by atoms with Gasteiger partial charge in [0.1, 0.15) is 11.6 Å². The molecular formula is C21H28N6O2. The van der Waals surface area contributed by atoms with E-state index in [-0.39, 0.29) is 23.2 Å². The Bertz CT molecular complexity index is 931. The van der Waals surface area contributed by atoms with E-state index in [1.807, 2.05) is 12.3 Å². The molecule has 4 rings (SSSR count). The van der Waals surface area contributed by atoms with E-state index in [9.17, 15) is 4.79 Å². The number of aromatic amines is 1. The molecular weight excluding hydrogens is 368 g/mol. The molecule has 1 unspecified atom stereocenters. The van der Waals surface area contributed by atoms with Gasteiger partial charge in [0.25, 0.3) is 5.56 Å². The number of aryl methyl sites for hydroxylation is 1. The Kier molecular flexibility index (Phi) is 5.73. The third-order valence-electron chi connectivity index (χ3n) is 5.89. The van der Waals surface area contributed by atoms with Gasteiger partial charge in [-0.05, 0) is 44.4 Å². The Morgan fingerprint density at radius 2 is 2.14 bits per heavy atom. The molecule has 3 N–H and O–H groups in total. The summed E-state index contributed by atoms with van der Waals surface area (Å²) >= 11 is 0. The quantitative estimate of drug-likeness (QED) is 0.647. The van der Waals surface area contributed by atoms with Crippen LogP contribution in [-0.4, -0.2) is 58.4 Å². The highest BCUT2D eigenvalue weighted by Crippen LogP contribution is 2.32. The molecule has 0 bridgehead atoms. The maximum atomic E-state index is 12.6. The zero-order valence-corrected chi connectivity index (χ0v) is 16.9. The van der Waals surface area contributed by atoms with Crippen molar-refractivity contribution in [1.82, 2.24) is 19.9 Å². The summed E-state index contributed by atoms with van der Waals surface area (Å²) < 4.78 is 5.40. The van der Waals surface area contributed by atoms with Gasteiger partial charge in [0.2, 0.25) is 0 Å². The predicted molar refractivity (Wildman–Crippen MR) is 112 cm³/mol. The average molecular weight is 396 g/mol. The van der Waals surface area contributed by atoms with Crippen LogP contribution in [0, 0.1) is 12.3 Å². The molecule has 0 radical (unpaired) electrons. The van der Waals surface area contributed by atoms with Gasteiger partial charge in [-0.2, -0.15) is 0 Å². The number of hydrogen-bond acceptors (Lipinski definition) is 7. The number of nitrogens with one attached hydrogen (secondary N) is 3. The lowest BCUT2D eigenvalue weighted by Gasteiger charge is -2.42. The van der Waals surface area contributed by atoms with Crippen LogP contribution in [-0.2, 0) is 4.74 Å². The Labute approximate surface area is 170 Å². The van der Waals surface area contributed by atoms with E-state index in [1.165, 1.54) is 5.56 Å². The van der Waals surface area contributed by atoms with Gasteiger partial charge in [-0.3, -0.25) is 14.7 Å². The first-order valence-corrected chi connectivity index (χ1v) is 10.2. The second-order valence-corrected chi connectivity index (χ2v) is 7.97. The summed E-state index contributed by atoms with van der Waals surface area (Å²) in [5.41, 5.74) is 2.34. The third-order valence-corrected chi connectivity index (χ3v) is 5.89. The van der Waals surface area contributed by atoms with Gasteiger partial charge >= 0.3 is 0 Å². The molecule has 0 amide bonds. The SMILES string of the molecule is Cc1ccnc(C2CN(C(C)c3nc(NC4CCOCC4)c(C=N)c(=O)[nH]3)C2)c1. The van der Waals surface area contributed by atoms with E-state index < -0.39 is 0 Å². The fraction of sp³-hybridized carbons (Fsp3) is 0.524. The van der Waals surface area contributed by atoms with Crippen molar-refractivity contribution in [2.45, 2.75) is 44.7 Å². The minimum absolute atomic E-state index is 0.0150. The van der Waals surface area contributed by atoms with E-state index in [1.54, 1.807) is 0 Å². The summed E-state index contributed by atoms with van der Waals surface area (Å²) in [6.07, 6.45) is 4.67. The van der Waals surface area contributed by atoms with Gasteiger partial charge in [0.15, 0.2) is 0 Å². The molecule has 4 heterocycles. The van der Waals surface area contributed by atoms with Crippen molar-refractivity contribution in [3.05, 3.63) is 51.3 Å². The van der Waals surface area contributed by atoms with Crippen molar-refractivity contribution in [3.8, 4) is 0 Å². The Hall–Kier alpha value is -2.58. The smallest absolute Gasteiger partial charge is 0.261 e. The minimum Gasteiger partial charge on any atom is -0.381 e. The maximum absolute atomic E-state index is 12.6. The van der Waals surface area contributed by atoms with Crippen molar-refractivity contribution >= 4 is 12.0 Å². The molecule has 1 atom stereocenters. The van der Waals surface area contributed by atoms with Gasteiger partial charge in [-0.25, -0.2) is 4.98 Å². The highest BCUT2D eigenvalue weighted by molar-refractivity contribution is 5.83. The highest BCUT2D eigenvalue weighted by Gasteiger charge is 2.34. The van der Waals surface area contributed by atoms with E-state index >= 15 is 0 Å². The predicted octanol–water partition coefficient (Wildman–Crippen LogP) is 2.22. The van der Waals surface area contributed by atoms with Crippen LogP contribution in [0.15, 0.2) is 23.1 Å². The number of aromatic nitrogens is 3. The topological polar surface area (TPSA) is 107 Å². The summed E-state index contributed by atoms with van der Waals surface area (Å²) in [5.74, 6) is 1.53. The third kappa shape index (κ3) is 4.23. The number of hydrogen-bond donors (Lipinski definition) is 3. The Morgan fingerprint density at radius 1 is 1.38 bits per heavy atom. The zero-order chi connectivity index (χ0) is 20.4. The zero-order valence-electron chi connectivity index (χ0n) is 16.9. The van der Waals surface area contributed by atoms with Crippen molar-refractivity contribution in [1.29, 1.82) is 5.41 Å². The summed E-state index contributed by atoms with van der Waals surface area (Å²) in [4.78, 5) is 26.9. The summed E-state index contributed by atoms with van der Waals surface area (Å²) in [7, 11) is 0. The second-order valence-electron chi connectivity index (χ2n) is 7.97. The molecule has 2 aromatic rings. The van der Waals surface area contributed by atoms with E-state index in [0.29, 0.717) is 30.8 Å². The molecule has 29 heavy (non-hydrogen) atoms. The van der Waals surface area contributed by atoms with Crippen LogP contribution in [0.4, 0.5) is 5.82 Å². The van der Waals surface area contributed by atoms with Crippen molar-refractivity contribution < 1.29 is 4.74 Å². The Morgan fingerprint density at radius 3 is 2.83 bits per heavy atom. The second kappa shape index (κ2) is 8.42. The average Bonchev–Trinajstić information content (AvgIpc) is 2.67. The molecule has 2 aliphatic heterocycles. The van der Waals surface area contributed by atoms with Gasteiger partial charge in [0.05, 0.1) is 11.6 Å². The summed E-state index contributed by atoms with van der Waals surface area (Å²) in [5, 5.41) is 11.0. The lowest BCUT2D eigenvalue weighted by Crippen LogP contribution is -2.47. The fourth-order valence-corrected chi connectivity index (χ4v) is 3.95. The number of H-pyrrole nitrogens is 1. The van der Waals surface area contributed by atoms with Crippen LogP contribution in [0.25, 0.3) is 0 Å². The fourth-order valence-electron chi connectivity index (χ4n) is 3.95. The molecule has 2 aromatic heterocycles. The maximum Gasteiger partial charge on any atom is 0.261 e. The first kappa shape index (κ1) is 19.7. The van der Waals surface area contributed by atoms with Crippen LogP contribution in [0.3, 0.4) is 0 Å². The number of ether oxygens (including phenoxy) is 1. The standard InChI is InChI=1S/C21H28N6O2/c1-13-3-6-23-18(9-13)15-11-27(12-15)14(2)19-25-20(17(10-22)21(28)26-19)24-16-4-7-29-8-5-16/h3,6,9-10,14-16,22H,4-5,7-8,11-12H2,1-2H3,(H2,24,25,26,28). The van der Waals surface area contributed by atoms with E-state index in [0.717, 1.165) is 37.8 Å². The van der Waals surface area contributed by atoms with Crippen LogP contribution < -0.4 is 10.9 Å². The lowest BCUT2D eigenvalue weighted by molar-refractivity contribution is 0.0900. The van der Waals surface area contributed by atoms with Crippen LogP contribution in [0.5, 0.6) is 0 Å². The monoisotopic (exact) mass is 396 g/mol. The largest absolute Gasteiger partial charge is 0.381 e. The van der Waals surface area contributed by atoms with Gasteiger partial charge in [0, 0.05) is 56.4 Å². The molecule has 2 saturated heterocycles. The summed E-state index contributed by atoms with van der Waals surface area (Å²) in [6.45, 7) is 7.31. The van der Waals surface area contributed by atoms with Crippen molar-refractivity contribution in [2.24, 2.45) is 0 Å². The molecule has 0 aromatic carbocycles. The molecule has 8 heteroatoms. The molecule has 2 aliphatic rings. The lowest BCUT2D eigenvalue weighted by atomic mass is 9.93. The minimum atomic E-state index is -0.274. The van der Waals surface area contributed by atoms with Gasteiger partial charge in [-0.15, -0.1) is 0 Å². The number of anilines is 1. The highest BCUT2D eigenvalue weighted by atomic mass is 16.5. The van der Waals surface area contributed by atoms with Crippen LogP contribution >= 0.6 is 0 Å². The van der Waals surface area contributed by atoms with Crippen LogP contribution in [0.1, 0.15) is 54.4 Å². The van der Waals surface area contributed by atoms with Crippen molar-refractivity contribution in [2.75, 3.05) is 31.6 Å². The normalized spacial score (nSPS) is 19.5. The Balaban J connectivity index is 1.49. The van der Waals surface area contributed by atoms with Gasteiger partial charge < -0.3 is 20.4 Å². The first-order chi connectivity index (χ1) is 14.0. The number of pyridine rings is 1. The molecule has 154 valence electrons. The van der Waals surface area contributed by atoms with Crippen molar-refractivity contribution in [3.63, 3.8) is 0 Å². The molecule has 0 aliphatic carbocycles. The van der Waals surface area contributed by atoms with E-state index in [4.69, 9.17) is 15.1 Å². The van der Waals surface area contributed by atoms with Gasteiger partial charge in [-0.1, -0.05) is 0 Å².